The molecule has 2 heterocycles. The Hall–Kier alpha value is -1.68. The van der Waals surface area contributed by atoms with E-state index < -0.39 is 0 Å². The molecule has 1 aromatic rings. The van der Waals surface area contributed by atoms with E-state index in [1.165, 1.54) is 11.6 Å². The van der Waals surface area contributed by atoms with Gasteiger partial charge < -0.3 is 4.90 Å². The smallest absolute Gasteiger partial charge is 0.236 e. The second-order valence-corrected chi connectivity index (χ2v) is 5.87. The van der Waals surface area contributed by atoms with Gasteiger partial charge in [-0.2, -0.15) is 0 Å². The maximum absolute atomic E-state index is 13.2. The van der Waals surface area contributed by atoms with Crippen LogP contribution in [-0.2, 0) is 4.79 Å². The van der Waals surface area contributed by atoms with E-state index in [4.69, 9.17) is 0 Å². The van der Waals surface area contributed by atoms with E-state index in [2.05, 4.69) is 11.0 Å². The predicted octanol–water partition coefficient (Wildman–Crippen LogP) is 2.54. The first kappa shape index (κ1) is 14.3. The molecule has 0 unspecified atom stereocenters. The fraction of sp³-hybridized carbons (Fsp3) is 0.471. The van der Waals surface area contributed by atoms with Crippen LogP contribution < -0.4 is 0 Å². The molecule has 3 rings (SSSR count). The number of carbonyl (C=O) groups excluding carboxylic acids is 1. The SMILES string of the molecule is O=C(CN1CCC(=Cc2cccc(F)c2)CC1)N1CCC1. The second kappa shape index (κ2) is 6.39. The Morgan fingerprint density at radius 1 is 1.19 bits per heavy atom. The zero-order chi connectivity index (χ0) is 14.7. The minimum atomic E-state index is -0.193. The quantitative estimate of drug-likeness (QED) is 0.853. The summed E-state index contributed by atoms with van der Waals surface area (Å²) < 4.78 is 13.2. The summed E-state index contributed by atoms with van der Waals surface area (Å²) in [5.74, 6) is 0.0701. The molecule has 2 aliphatic heterocycles. The van der Waals surface area contributed by atoms with E-state index in [1.807, 2.05) is 11.0 Å². The predicted molar refractivity (Wildman–Crippen MR) is 81.2 cm³/mol. The molecule has 0 aromatic heterocycles. The van der Waals surface area contributed by atoms with E-state index in [9.17, 15) is 9.18 Å². The van der Waals surface area contributed by atoms with Gasteiger partial charge in [0.1, 0.15) is 5.82 Å². The van der Waals surface area contributed by atoms with Crippen LogP contribution in [0.15, 0.2) is 29.8 Å². The van der Waals surface area contributed by atoms with E-state index >= 15 is 0 Å². The maximum Gasteiger partial charge on any atom is 0.236 e. The van der Waals surface area contributed by atoms with Crippen LogP contribution in [0.5, 0.6) is 0 Å². The third-order valence-corrected chi connectivity index (χ3v) is 4.29. The summed E-state index contributed by atoms with van der Waals surface area (Å²) >= 11 is 0. The third-order valence-electron chi connectivity index (χ3n) is 4.29. The zero-order valence-electron chi connectivity index (χ0n) is 12.2. The van der Waals surface area contributed by atoms with Crippen LogP contribution in [0.4, 0.5) is 4.39 Å². The highest BCUT2D eigenvalue weighted by molar-refractivity contribution is 5.79. The fourth-order valence-electron chi connectivity index (χ4n) is 2.83. The molecule has 0 aliphatic carbocycles. The monoisotopic (exact) mass is 288 g/mol. The van der Waals surface area contributed by atoms with Crippen molar-refractivity contribution in [3.05, 3.63) is 41.2 Å². The Morgan fingerprint density at radius 3 is 2.57 bits per heavy atom. The van der Waals surface area contributed by atoms with Crippen LogP contribution in [-0.4, -0.2) is 48.4 Å². The van der Waals surface area contributed by atoms with Crippen LogP contribution in [0.2, 0.25) is 0 Å². The summed E-state index contributed by atoms with van der Waals surface area (Å²) in [4.78, 5) is 16.1. The number of benzene rings is 1. The first-order valence-electron chi connectivity index (χ1n) is 7.66. The molecule has 0 saturated carbocycles. The van der Waals surface area contributed by atoms with Gasteiger partial charge in [-0.05, 0) is 37.0 Å². The maximum atomic E-state index is 13.2. The lowest BCUT2D eigenvalue weighted by Crippen LogP contribution is -2.48. The van der Waals surface area contributed by atoms with Crippen molar-refractivity contribution in [1.29, 1.82) is 0 Å². The number of halogens is 1. The molecule has 0 radical (unpaired) electrons. The summed E-state index contributed by atoms with van der Waals surface area (Å²) in [6.45, 7) is 4.24. The summed E-state index contributed by atoms with van der Waals surface area (Å²) in [6.07, 6.45) is 5.15. The topological polar surface area (TPSA) is 23.6 Å². The molecule has 2 fully saturated rings. The molecule has 0 bridgehead atoms. The van der Waals surface area contributed by atoms with Gasteiger partial charge in [0.25, 0.3) is 0 Å². The summed E-state index contributed by atoms with van der Waals surface area (Å²) in [5, 5.41) is 0. The zero-order valence-corrected chi connectivity index (χ0v) is 12.2. The van der Waals surface area contributed by atoms with E-state index in [0.717, 1.165) is 51.0 Å². The molecular weight excluding hydrogens is 267 g/mol. The molecule has 0 atom stereocenters. The highest BCUT2D eigenvalue weighted by Crippen LogP contribution is 2.20. The van der Waals surface area contributed by atoms with Crippen LogP contribution in [0.3, 0.4) is 0 Å². The largest absolute Gasteiger partial charge is 0.341 e. The Kier molecular flexibility index (Phi) is 4.34. The number of carbonyl (C=O) groups is 1. The van der Waals surface area contributed by atoms with Crippen molar-refractivity contribution in [3.8, 4) is 0 Å². The van der Waals surface area contributed by atoms with Gasteiger partial charge in [-0.15, -0.1) is 0 Å². The van der Waals surface area contributed by atoms with Crippen molar-refractivity contribution < 1.29 is 9.18 Å². The Bertz CT molecular complexity index is 541. The lowest BCUT2D eigenvalue weighted by Gasteiger charge is -2.34. The lowest BCUT2D eigenvalue weighted by atomic mass is 10.0. The van der Waals surface area contributed by atoms with Gasteiger partial charge in [-0.25, -0.2) is 4.39 Å². The minimum Gasteiger partial charge on any atom is -0.341 e. The van der Waals surface area contributed by atoms with Gasteiger partial charge in [-0.1, -0.05) is 23.8 Å². The average Bonchev–Trinajstić information content (AvgIpc) is 2.39. The molecule has 1 amide bonds. The first-order valence-corrected chi connectivity index (χ1v) is 7.66. The summed E-state index contributed by atoms with van der Waals surface area (Å²) in [7, 11) is 0. The van der Waals surface area contributed by atoms with Gasteiger partial charge in [0.2, 0.25) is 5.91 Å². The van der Waals surface area contributed by atoms with Crippen LogP contribution >= 0.6 is 0 Å². The highest BCUT2D eigenvalue weighted by atomic mass is 19.1. The molecule has 0 spiro atoms. The first-order chi connectivity index (χ1) is 10.2. The Morgan fingerprint density at radius 2 is 1.95 bits per heavy atom. The number of amides is 1. The molecule has 0 N–H and O–H groups in total. The number of hydrogen-bond acceptors (Lipinski definition) is 2. The van der Waals surface area contributed by atoms with Crippen molar-refractivity contribution in [3.63, 3.8) is 0 Å². The second-order valence-electron chi connectivity index (χ2n) is 5.87. The van der Waals surface area contributed by atoms with Gasteiger partial charge in [0, 0.05) is 26.2 Å². The molecule has 2 saturated heterocycles. The molecule has 1 aromatic carbocycles. The lowest BCUT2D eigenvalue weighted by molar-refractivity contribution is -0.135. The van der Waals surface area contributed by atoms with E-state index in [-0.39, 0.29) is 11.7 Å². The number of likely N-dealkylation sites (tertiary alicyclic amines) is 2. The minimum absolute atomic E-state index is 0.193. The van der Waals surface area contributed by atoms with Crippen molar-refractivity contribution in [2.45, 2.75) is 19.3 Å². The van der Waals surface area contributed by atoms with Gasteiger partial charge in [-0.3, -0.25) is 9.69 Å². The number of hydrogen-bond donors (Lipinski definition) is 0. The van der Waals surface area contributed by atoms with Crippen LogP contribution in [0.1, 0.15) is 24.8 Å². The van der Waals surface area contributed by atoms with Crippen molar-refractivity contribution in [2.24, 2.45) is 0 Å². The van der Waals surface area contributed by atoms with Crippen LogP contribution in [0, 0.1) is 5.82 Å². The molecule has 3 nitrogen and oxygen atoms in total. The Balaban J connectivity index is 1.51. The van der Waals surface area contributed by atoms with Gasteiger partial charge in [0.15, 0.2) is 0 Å². The Labute approximate surface area is 125 Å². The van der Waals surface area contributed by atoms with Gasteiger partial charge in [0.05, 0.1) is 6.54 Å². The summed E-state index contributed by atoms with van der Waals surface area (Å²) in [5.41, 5.74) is 2.27. The van der Waals surface area contributed by atoms with Crippen molar-refractivity contribution in [1.82, 2.24) is 9.80 Å². The number of piperidine rings is 1. The standard InChI is InChI=1S/C17H21FN2O/c18-16-4-1-3-15(12-16)11-14-5-9-19(10-6-14)13-17(21)20-7-2-8-20/h1,3-4,11-12H,2,5-10,13H2. The third kappa shape index (κ3) is 3.70. The molecule has 4 heteroatoms. The normalized spacial score (nSPS) is 19.3. The van der Waals surface area contributed by atoms with E-state index in [1.54, 1.807) is 12.1 Å². The molecule has 2 aliphatic rings. The molecule has 21 heavy (non-hydrogen) atoms. The van der Waals surface area contributed by atoms with Gasteiger partial charge >= 0.3 is 0 Å². The highest BCUT2D eigenvalue weighted by Gasteiger charge is 2.23. The van der Waals surface area contributed by atoms with E-state index in [0.29, 0.717) is 6.54 Å². The molecule has 112 valence electrons. The number of nitrogens with zero attached hydrogens (tertiary/aromatic N) is 2. The van der Waals surface area contributed by atoms with Crippen molar-refractivity contribution in [2.75, 3.05) is 32.7 Å². The fourth-order valence-corrected chi connectivity index (χ4v) is 2.83. The van der Waals surface area contributed by atoms with Crippen LogP contribution in [0.25, 0.3) is 6.08 Å². The van der Waals surface area contributed by atoms with Crippen molar-refractivity contribution >= 4 is 12.0 Å². The number of rotatable bonds is 3. The average molecular weight is 288 g/mol. The summed E-state index contributed by atoms with van der Waals surface area (Å²) in [6, 6.07) is 6.69. The molecular formula is C17H21FN2O.